The second-order valence-electron chi connectivity index (χ2n) is 4.88. The van der Waals surface area contributed by atoms with Gasteiger partial charge in [0.1, 0.15) is 6.33 Å². The second-order valence-corrected chi connectivity index (χ2v) is 6.93. The maximum atomic E-state index is 4.24. The van der Waals surface area contributed by atoms with Crippen molar-refractivity contribution in [2.45, 2.75) is 37.6 Å². The fraction of sp³-hybridized carbons (Fsp3) is 0.467. The topological polar surface area (TPSA) is 37.8 Å². The van der Waals surface area contributed by atoms with Crippen molar-refractivity contribution in [3.8, 4) is 0 Å². The minimum absolute atomic E-state index is 0.365. The van der Waals surface area contributed by atoms with Gasteiger partial charge in [-0.15, -0.1) is 0 Å². The zero-order valence-corrected chi connectivity index (χ0v) is 13.9. The van der Waals surface area contributed by atoms with Gasteiger partial charge in [0.2, 0.25) is 0 Å². The van der Waals surface area contributed by atoms with Gasteiger partial charge in [-0.2, -0.15) is 4.37 Å². The van der Waals surface area contributed by atoms with Gasteiger partial charge in [0.25, 0.3) is 0 Å². The molecule has 0 aliphatic rings. The lowest BCUT2D eigenvalue weighted by Gasteiger charge is -2.20. The minimum atomic E-state index is 0.365. The monoisotopic (exact) mass is 307 g/mol. The number of thioether (sulfide) groups is 1. The molecule has 2 aromatic rings. The first-order chi connectivity index (χ1) is 9.70. The SMILES string of the molecule is CCCNC(CSc1ncns1)c1ccc(C)cc1C. The second kappa shape index (κ2) is 7.76. The van der Waals surface area contributed by atoms with E-state index < -0.39 is 0 Å². The molecule has 0 spiro atoms. The third-order valence-electron chi connectivity index (χ3n) is 3.16. The molecule has 108 valence electrons. The highest BCUT2D eigenvalue weighted by molar-refractivity contribution is 8.00. The Labute approximate surface area is 129 Å². The van der Waals surface area contributed by atoms with E-state index in [-0.39, 0.29) is 0 Å². The van der Waals surface area contributed by atoms with E-state index in [9.17, 15) is 0 Å². The average molecular weight is 307 g/mol. The molecule has 0 bridgehead atoms. The van der Waals surface area contributed by atoms with Crippen LogP contribution in [0.4, 0.5) is 0 Å². The first-order valence-electron chi connectivity index (χ1n) is 6.90. The van der Waals surface area contributed by atoms with Gasteiger partial charge in [-0.05, 0) is 49.5 Å². The molecule has 0 saturated heterocycles. The highest BCUT2D eigenvalue weighted by atomic mass is 32.2. The van der Waals surface area contributed by atoms with Crippen LogP contribution in [0.3, 0.4) is 0 Å². The molecule has 0 fully saturated rings. The maximum absolute atomic E-state index is 4.24. The van der Waals surface area contributed by atoms with Crippen molar-refractivity contribution in [2.75, 3.05) is 12.3 Å². The van der Waals surface area contributed by atoms with Crippen molar-refractivity contribution in [2.24, 2.45) is 0 Å². The van der Waals surface area contributed by atoms with Gasteiger partial charge in [-0.3, -0.25) is 0 Å². The molecule has 0 aliphatic carbocycles. The Morgan fingerprint density at radius 2 is 2.20 bits per heavy atom. The molecular weight excluding hydrogens is 286 g/mol. The molecule has 1 atom stereocenters. The lowest BCUT2D eigenvalue weighted by Crippen LogP contribution is -2.24. The first-order valence-corrected chi connectivity index (χ1v) is 8.66. The van der Waals surface area contributed by atoms with Crippen LogP contribution in [0.2, 0.25) is 0 Å². The lowest BCUT2D eigenvalue weighted by molar-refractivity contribution is 0.575. The Hall–Kier alpha value is -0.910. The summed E-state index contributed by atoms with van der Waals surface area (Å²) in [4.78, 5) is 4.24. The quantitative estimate of drug-likeness (QED) is 0.785. The summed E-state index contributed by atoms with van der Waals surface area (Å²) < 4.78 is 5.09. The number of rotatable bonds is 7. The van der Waals surface area contributed by atoms with Gasteiger partial charge >= 0.3 is 0 Å². The molecule has 0 aliphatic heterocycles. The molecule has 2 rings (SSSR count). The minimum Gasteiger partial charge on any atom is -0.309 e. The molecule has 1 aromatic heterocycles. The maximum Gasteiger partial charge on any atom is 0.169 e. The van der Waals surface area contributed by atoms with E-state index in [0.29, 0.717) is 6.04 Å². The number of hydrogen-bond acceptors (Lipinski definition) is 5. The Morgan fingerprint density at radius 1 is 1.35 bits per heavy atom. The van der Waals surface area contributed by atoms with E-state index in [1.807, 2.05) is 0 Å². The number of aromatic nitrogens is 2. The van der Waals surface area contributed by atoms with E-state index in [1.54, 1.807) is 18.1 Å². The highest BCUT2D eigenvalue weighted by Gasteiger charge is 2.14. The normalized spacial score (nSPS) is 12.6. The van der Waals surface area contributed by atoms with Crippen molar-refractivity contribution >= 4 is 23.3 Å². The van der Waals surface area contributed by atoms with Crippen LogP contribution in [0, 0.1) is 13.8 Å². The van der Waals surface area contributed by atoms with Crippen LogP contribution in [0.5, 0.6) is 0 Å². The Morgan fingerprint density at radius 3 is 2.85 bits per heavy atom. The fourth-order valence-corrected chi connectivity index (χ4v) is 3.73. The van der Waals surface area contributed by atoms with Gasteiger partial charge in [0.05, 0.1) is 0 Å². The Kier molecular flexibility index (Phi) is 6.01. The highest BCUT2D eigenvalue weighted by Crippen LogP contribution is 2.27. The lowest BCUT2D eigenvalue weighted by atomic mass is 10.00. The third-order valence-corrected chi connectivity index (χ3v) is 5.05. The van der Waals surface area contributed by atoms with Crippen molar-refractivity contribution in [3.63, 3.8) is 0 Å². The van der Waals surface area contributed by atoms with E-state index in [2.05, 4.69) is 53.6 Å². The summed E-state index contributed by atoms with van der Waals surface area (Å²) in [5.74, 6) is 0.985. The molecule has 0 amide bonds. The molecule has 1 heterocycles. The molecule has 1 N–H and O–H groups in total. The van der Waals surface area contributed by atoms with E-state index in [4.69, 9.17) is 0 Å². The molecule has 0 saturated carbocycles. The van der Waals surface area contributed by atoms with Crippen molar-refractivity contribution in [1.29, 1.82) is 0 Å². The van der Waals surface area contributed by atoms with Crippen LogP contribution < -0.4 is 5.32 Å². The predicted octanol–water partition coefficient (Wildman–Crippen LogP) is 3.99. The summed E-state index contributed by atoms with van der Waals surface area (Å²) in [7, 11) is 0. The van der Waals surface area contributed by atoms with E-state index in [1.165, 1.54) is 28.2 Å². The van der Waals surface area contributed by atoms with Crippen LogP contribution in [0.25, 0.3) is 0 Å². The zero-order chi connectivity index (χ0) is 14.4. The molecule has 20 heavy (non-hydrogen) atoms. The summed E-state index contributed by atoms with van der Waals surface area (Å²) in [5, 5.41) is 3.64. The smallest absolute Gasteiger partial charge is 0.169 e. The van der Waals surface area contributed by atoms with Gasteiger partial charge in [-0.1, -0.05) is 42.4 Å². The Balaban J connectivity index is 2.09. The van der Waals surface area contributed by atoms with E-state index in [0.717, 1.165) is 23.1 Å². The third kappa shape index (κ3) is 4.30. The van der Waals surface area contributed by atoms with Gasteiger partial charge in [0, 0.05) is 11.8 Å². The van der Waals surface area contributed by atoms with Gasteiger partial charge < -0.3 is 5.32 Å². The Bertz CT molecular complexity index is 526. The fourth-order valence-electron chi connectivity index (χ4n) is 2.18. The number of nitrogens with one attached hydrogen (secondary N) is 1. The molecule has 0 radical (unpaired) electrons. The predicted molar refractivity (Wildman–Crippen MR) is 87.6 cm³/mol. The summed E-state index contributed by atoms with van der Waals surface area (Å²) in [6, 6.07) is 7.06. The average Bonchev–Trinajstić information content (AvgIpc) is 2.93. The zero-order valence-electron chi connectivity index (χ0n) is 12.2. The van der Waals surface area contributed by atoms with Crippen LogP contribution in [0.15, 0.2) is 28.9 Å². The standard InChI is InChI=1S/C15H21N3S2/c1-4-7-16-14(9-19-15-17-10-18-20-15)13-6-5-11(2)8-12(13)3/h5-6,8,10,14,16H,4,7,9H2,1-3H3. The molecule has 1 aromatic carbocycles. The van der Waals surface area contributed by atoms with Crippen LogP contribution in [-0.4, -0.2) is 21.7 Å². The van der Waals surface area contributed by atoms with Gasteiger partial charge in [-0.25, -0.2) is 4.98 Å². The number of benzene rings is 1. The molecular formula is C15H21N3S2. The van der Waals surface area contributed by atoms with Gasteiger partial charge in [0.15, 0.2) is 4.34 Å². The van der Waals surface area contributed by atoms with Crippen LogP contribution >= 0.6 is 23.3 Å². The molecule has 3 nitrogen and oxygen atoms in total. The number of hydrogen-bond donors (Lipinski definition) is 1. The van der Waals surface area contributed by atoms with Crippen molar-refractivity contribution < 1.29 is 0 Å². The summed E-state index contributed by atoms with van der Waals surface area (Å²) in [5.41, 5.74) is 4.06. The van der Waals surface area contributed by atoms with Crippen LogP contribution in [-0.2, 0) is 0 Å². The van der Waals surface area contributed by atoms with E-state index >= 15 is 0 Å². The largest absolute Gasteiger partial charge is 0.309 e. The summed E-state index contributed by atoms with van der Waals surface area (Å²) in [6.07, 6.45) is 2.77. The number of aryl methyl sites for hydroxylation is 2. The van der Waals surface area contributed by atoms with Crippen LogP contribution in [0.1, 0.15) is 36.1 Å². The van der Waals surface area contributed by atoms with Crippen molar-refractivity contribution in [3.05, 3.63) is 41.2 Å². The number of nitrogens with zero attached hydrogens (tertiary/aromatic N) is 2. The molecule has 1 unspecified atom stereocenters. The molecule has 5 heteroatoms. The first kappa shape index (κ1) is 15.5. The van der Waals surface area contributed by atoms with Crippen molar-refractivity contribution in [1.82, 2.24) is 14.7 Å². The summed E-state index contributed by atoms with van der Waals surface area (Å²) in [6.45, 7) is 7.57. The summed E-state index contributed by atoms with van der Waals surface area (Å²) >= 11 is 3.24.